The predicted octanol–water partition coefficient (Wildman–Crippen LogP) is 4.02. The van der Waals surface area contributed by atoms with Crippen LogP contribution in [-0.2, 0) is 0 Å². The molecular formula is C14H28N2S2. The molecule has 1 rings (SSSR count). The topological polar surface area (TPSA) is 24.4 Å². The summed E-state index contributed by atoms with van der Waals surface area (Å²) in [6.07, 6.45) is 2.47. The van der Waals surface area contributed by atoms with Crippen LogP contribution in [0.4, 0.5) is 0 Å². The van der Waals surface area contributed by atoms with Gasteiger partial charge in [0.05, 0.1) is 6.54 Å². The third-order valence-electron chi connectivity index (χ3n) is 2.83. The van der Waals surface area contributed by atoms with Gasteiger partial charge in [-0.1, -0.05) is 39.5 Å². The molecule has 1 aliphatic heterocycles. The highest BCUT2D eigenvalue weighted by Gasteiger charge is 2.25. The van der Waals surface area contributed by atoms with Crippen LogP contribution in [0.5, 0.6) is 0 Å². The lowest BCUT2D eigenvalue weighted by Crippen LogP contribution is -2.30. The van der Waals surface area contributed by atoms with E-state index in [-0.39, 0.29) is 0 Å². The molecular weight excluding hydrogens is 260 g/mol. The molecule has 1 aliphatic rings. The predicted molar refractivity (Wildman–Crippen MR) is 88.0 cm³/mol. The van der Waals surface area contributed by atoms with Gasteiger partial charge in [0.2, 0.25) is 0 Å². The Hall–Kier alpha value is 0.170. The molecule has 0 fully saturated rings. The molecule has 4 heteroatoms. The zero-order chi connectivity index (χ0) is 13.6. The van der Waals surface area contributed by atoms with Crippen molar-refractivity contribution in [3.8, 4) is 0 Å². The molecule has 2 atom stereocenters. The van der Waals surface area contributed by atoms with Crippen LogP contribution in [-0.4, -0.2) is 34.5 Å². The van der Waals surface area contributed by atoms with E-state index in [1.165, 1.54) is 29.5 Å². The summed E-state index contributed by atoms with van der Waals surface area (Å²) >= 11 is 3.95. The molecule has 0 aliphatic carbocycles. The molecule has 0 spiro atoms. The second-order valence-electron chi connectivity index (χ2n) is 6.18. The second kappa shape index (κ2) is 7.68. The summed E-state index contributed by atoms with van der Waals surface area (Å²) in [7, 11) is 0. The van der Waals surface area contributed by atoms with Gasteiger partial charge in [0.25, 0.3) is 0 Å². The van der Waals surface area contributed by atoms with E-state index in [1.54, 1.807) is 0 Å². The molecule has 2 unspecified atom stereocenters. The highest BCUT2D eigenvalue weighted by atomic mass is 32.2. The van der Waals surface area contributed by atoms with Crippen molar-refractivity contribution in [3.63, 3.8) is 0 Å². The van der Waals surface area contributed by atoms with Crippen molar-refractivity contribution < 1.29 is 0 Å². The molecule has 1 heterocycles. The summed E-state index contributed by atoms with van der Waals surface area (Å²) in [5.74, 6) is 2.46. The van der Waals surface area contributed by atoms with Crippen molar-refractivity contribution in [2.75, 3.05) is 18.1 Å². The highest BCUT2D eigenvalue weighted by Crippen LogP contribution is 2.31. The maximum Gasteiger partial charge on any atom is 0.157 e. The van der Waals surface area contributed by atoms with E-state index >= 15 is 0 Å². The van der Waals surface area contributed by atoms with Crippen molar-refractivity contribution >= 4 is 28.7 Å². The van der Waals surface area contributed by atoms with Gasteiger partial charge in [0.15, 0.2) is 5.17 Å². The molecule has 1 N–H and O–H groups in total. The molecule has 0 radical (unpaired) electrons. The van der Waals surface area contributed by atoms with Crippen LogP contribution in [0, 0.1) is 5.41 Å². The Morgan fingerprint density at radius 2 is 2.22 bits per heavy atom. The monoisotopic (exact) mass is 288 g/mol. The Morgan fingerprint density at radius 1 is 1.50 bits per heavy atom. The lowest BCUT2D eigenvalue weighted by molar-refractivity contribution is 0.375. The Kier molecular flexibility index (Phi) is 6.93. The first-order valence-electron chi connectivity index (χ1n) is 6.96. The number of nitrogens with zero attached hydrogens (tertiary/aromatic N) is 1. The number of rotatable bonds is 6. The first-order chi connectivity index (χ1) is 8.40. The van der Waals surface area contributed by atoms with Crippen LogP contribution in [0.25, 0.3) is 0 Å². The summed E-state index contributed by atoms with van der Waals surface area (Å²) in [6.45, 7) is 12.4. The summed E-state index contributed by atoms with van der Waals surface area (Å²) in [5.41, 5.74) is 0.409. The largest absolute Gasteiger partial charge is 0.362 e. The summed E-state index contributed by atoms with van der Waals surface area (Å²) < 4.78 is 0. The van der Waals surface area contributed by atoms with Gasteiger partial charge >= 0.3 is 0 Å². The van der Waals surface area contributed by atoms with E-state index in [2.05, 4.69) is 44.9 Å². The smallest absolute Gasteiger partial charge is 0.157 e. The van der Waals surface area contributed by atoms with Gasteiger partial charge in [-0.3, -0.25) is 4.99 Å². The highest BCUT2D eigenvalue weighted by molar-refractivity contribution is 8.14. The van der Waals surface area contributed by atoms with Gasteiger partial charge in [-0.2, -0.15) is 11.8 Å². The SMILES string of the molecule is CCSCCC(C)NC1=NCC(CC(C)(C)C)S1. The van der Waals surface area contributed by atoms with Gasteiger partial charge in [0.1, 0.15) is 0 Å². The fourth-order valence-corrected chi connectivity index (χ4v) is 4.25. The van der Waals surface area contributed by atoms with Crippen LogP contribution < -0.4 is 5.32 Å². The lowest BCUT2D eigenvalue weighted by atomic mass is 9.90. The minimum Gasteiger partial charge on any atom is -0.362 e. The van der Waals surface area contributed by atoms with Crippen LogP contribution in [0.3, 0.4) is 0 Å². The third-order valence-corrected chi connectivity index (χ3v) is 4.88. The van der Waals surface area contributed by atoms with Crippen molar-refractivity contribution in [2.45, 2.75) is 58.8 Å². The van der Waals surface area contributed by atoms with E-state index in [0.29, 0.717) is 16.7 Å². The molecule has 0 saturated carbocycles. The molecule has 0 amide bonds. The summed E-state index contributed by atoms with van der Waals surface area (Å²) in [5, 5.41) is 5.39. The average Bonchev–Trinajstić information content (AvgIpc) is 2.63. The summed E-state index contributed by atoms with van der Waals surface area (Å²) in [6, 6.07) is 0.545. The summed E-state index contributed by atoms with van der Waals surface area (Å²) in [4.78, 5) is 4.63. The van der Waals surface area contributed by atoms with Crippen LogP contribution >= 0.6 is 23.5 Å². The molecule has 0 aromatic heterocycles. The molecule has 0 saturated heterocycles. The molecule has 0 aromatic rings. The minimum atomic E-state index is 0.409. The third kappa shape index (κ3) is 6.93. The fourth-order valence-electron chi connectivity index (χ4n) is 1.97. The lowest BCUT2D eigenvalue weighted by Gasteiger charge is -2.22. The van der Waals surface area contributed by atoms with Gasteiger partial charge < -0.3 is 5.32 Å². The molecule has 0 bridgehead atoms. The quantitative estimate of drug-likeness (QED) is 0.747. The first kappa shape index (κ1) is 16.2. The minimum absolute atomic E-state index is 0.409. The Bertz CT molecular complexity index is 271. The normalized spacial score (nSPS) is 21.8. The van der Waals surface area contributed by atoms with Crippen LogP contribution in [0.1, 0.15) is 47.5 Å². The molecule has 106 valence electrons. The zero-order valence-electron chi connectivity index (χ0n) is 12.5. The number of hydrogen-bond donors (Lipinski definition) is 1. The fraction of sp³-hybridized carbons (Fsp3) is 0.929. The van der Waals surface area contributed by atoms with Crippen LogP contribution in [0.2, 0.25) is 0 Å². The second-order valence-corrected chi connectivity index (χ2v) is 8.86. The van der Waals surface area contributed by atoms with Gasteiger partial charge in [-0.05, 0) is 36.7 Å². The number of thioether (sulfide) groups is 2. The van der Waals surface area contributed by atoms with Gasteiger partial charge in [-0.15, -0.1) is 0 Å². The van der Waals surface area contributed by atoms with Crippen molar-refractivity contribution in [1.82, 2.24) is 5.32 Å². The number of aliphatic imine (C=N–C) groups is 1. The Morgan fingerprint density at radius 3 is 2.83 bits per heavy atom. The van der Waals surface area contributed by atoms with Crippen molar-refractivity contribution in [1.29, 1.82) is 0 Å². The Balaban J connectivity index is 2.21. The number of hydrogen-bond acceptors (Lipinski definition) is 4. The molecule has 2 nitrogen and oxygen atoms in total. The van der Waals surface area contributed by atoms with Crippen molar-refractivity contribution in [2.24, 2.45) is 10.4 Å². The standard InChI is InChI=1S/C14H28N2S2/c1-6-17-8-7-11(2)16-13-15-10-12(18-13)9-14(3,4)5/h11-12H,6-10H2,1-5H3,(H,15,16). The number of amidine groups is 1. The first-order valence-corrected chi connectivity index (χ1v) is 8.99. The number of nitrogens with one attached hydrogen (secondary N) is 1. The maximum absolute atomic E-state index is 4.63. The van der Waals surface area contributed by atoms with E-state index in [1.807, 2.05) is 23.5 Å². The average molecular weight is 289 g/mol. The molecule has 0 aromatic carbocycles. The Labute approximate surface area is 121 Å². The van der Waals surface area contributed by atoms with E-state index in [4.69, 9.17) is 0 Å². The van der Waals surface area contributed by atoms with Gasteiger partial charge in [0, 0.05) is 11.3 Å². The molecule has 18 heavy (non-hydrogen) atoms. The van der Waals surface area contributed by atoms with E-state index in [9.17, 15) is 0 Å². The van der Waals surface area contributed by atoms with Gasteiger partial charge in [-0.25, -0.2) is 0 Å². The van der Waals surface area contributed by atoms with Crippen molar-refractivity contribution in [3.05, 3.63) is 0 Å². The van der Waals surface area contributed by atoms with E-state index in [0.717, 1.165) is 6.54 Å². The van der Waals surface area contributed by atoms with Crippen LogP contribution in [0.15, 0.2) is 4.99 Å². The maximum atomic E-state index is 4.63. The van der Waals surface area contributed by atoms with E-state index < -0.39 is 0 Å². The zero-order valence-corrected chi connectivity index (χ0v) is 14.1.